The summed E-state index contributed by atoms with van der Waals surface area (Å²) in [5.41, 5.74) is 0.561. The first-order valence-corrected chi connectivity index (χ1v) is 8.43. The van der Waals surface area contributed by atoms with Gasteiger partial charge in [0.25, 0.3) is 5.91 Å². The third kappa shape index (κ3) is 2.98. The zero-order valence-electron chi connectivity index (χ0n) is 10.8. The van der Waals surface area contributed by atoms with Gasteiger partial charge in [-0.15, -0.1) is 11.3 Å². The maximum Gasteiger partial charge on any atom is 0.254 e. The van der Waals surface area contributed by atoms with E-state index in [2.05, 4.69) is 28.7 Å². The van der Waals surface area contributed by atoms with Gasteiger partial charge in [-0.2, -0.15) is 0 Å². The molecular formula is C15H14INO2S. The molecule has 1 heterocycles. The van der Waals surface area contributed by atoms with E-state index < -0.39 is 0 Å². The van der Waals surface area contributed by atoms with E-state index in [0.29, 0.717) is 18.2 Å². The molecule has 1 N–H and O–H groups in total. The Morgan fingerprint density at radius 3 is 2.80 bits per heavy atom. The average Bonchev–Trinajstić information content (AvgIpc) is 3.15. The number of carbonyl (C=O) groups excluding carboxylic acids is 1. The maximum absolute atomic E-state index is 12.6. The Morgan fingerprint density at radius 1 is 1.40 bits per heavy atom. The van der Waals surface area contributed by atoms with Crippen LogP contribution >= 0.6 is 33.9 Å². The highest BCUT2D eigenvalue weighted by molar-refractivity contribution is 14.1. The maximum atomic E-state index is 12.6. The van der Waals surface area contributed by atoms with E-state index >= 15 is 0 Å². The minimum Gasteiger partial charge on any atom is -0.507 e. The average molecular weight is 399 g/mol. The molecule has 5 heteroatoms. The molecule has 0 bridgehead atoms. The molecule has 0 atom stereocenters. The van der Waals surface area contributed by atoms with Gasteiger partial charge in [0.2, 0.25) is 0 Å². The van der Waals surface area contributed by atoms with Crippen LogP contribution in [0.4, 0.5) is 0 Å². The van der Waals surface area contributed by atoms with Crippen LogP contribution in [0.1, 0.15) is 28.1 Å². The lowest BCUT2D eigenvalue weighted by Crippen LogP contribution is -2.32. The Hall–Kier alpha value is -1.08. The molecule has 0 aliphatic heterocycles. The second-order valence-electron chi connectivity index (χ2n) is 4.91. The number of phenolic OH excluding ortho intramolecular Hbond substituents is 1. The summed E-state index contributed by atoms with van der Waals surface area (Å²) < 4.78 is 0.760. The number of carbonyl (C=O) groups is 1. The van der Waals surface area contributed by atoms with Crippen LogP contribution < -0.4 is 0 Å². The zero-order valence-corrected chi connectivity index (χ0v) is 13.7. The molecule has 1 aromatic heterocycles. The fraction of sp³-hybridized carbons (Fsp3) is 0.267. The van der Waals surface area contributed by atoms with Crippen LogP contribution in [0, 0.1) is 3.57 Å². The highest BCUT2D eigenvalue weighted by Gasteiger charge is 2.33. The first-order valence-electron chi connectivity index (χ1n) is 6.47. The van der Waals surface area contributed by atoms with Crippen molar-refractivity contribution >= 4 is 39.8 Å². The topological polar surface area (TPSA) is 40.5 Å². The molecule has 1 amide bonds. The van der Waals surface area contributed by atoms with Crippen LogP contribution in [-0.2, 0) is 6.54 Å². The van der Waals surface area contributed by atoms with Crippen molar-refractivity contribution in [2.45, 2.75) is 25.4 Å². The molecule has 0 spiro atoms. The van der Waals surface area contributed by atoms with Crippen molar-refractivity contribution in [3.8, 4) is 5.75 Å². The zero-order chi connectivity index (χ0) is 14.1. The molecule has 104 valence electrons. The standard InChI is InChI=1S/C15H14INO2S/c16-13-6-3-10(8-14(13)18)15(19)17(11-4-5-11)9-12-2-1-7-20-12/h1-3,6-8,11,18H,4-5,9H2. The fourth-order valence-corrected chi connectivity index (χ4v) is 3.17. The monoisotopic (exact) mass is 399 g/mol. The van der Waals surface area contributed by atoms with Crippen LogP contribution in [0.2, 0.25) is 0 Å². The van der Waals surface area contributed by atoms with Crippen molar-refractivity contribution in [3.63, 3.8) is 0 Å². The Morgan fingerprint density at radius 2 is 2.20 bits per heavy atom. The molecular weight excluding hydrogens is 385 g/mol. The summed E-state index contributed by atoms with van der Waals surface area (Å²) in [5.74, 6) is 0.177. The molecule has 2 aromatic rings. The number of nitrogens with zero attached hydrogens (tertiary/aromatic N) is 1. The molecule has 1 aromatic carbocycles. The number of aromatic hydroxyl groups is 1. The number of halogens is 1. The van der Waals surface area contributed by atoms with E-state index in [4.69, 9.17) is 0 Å². The number of thiophene rings is 1. The first kappa shape index (κ1) is 13.9. The van der Waals surface area contributed by atoms with Gasteiger partial charge in [0.1, 0.15) is 5.75 Å². The number of rotatable bonds is 4. The van der Waals surface area contributed by atoms with Crippen molar-refractivity contribution in [1.29, 1.82) is 0 Å². The predicted octanol–water partition coefficient (Wildman–Crippen LogP) is 3.86. The molecule has 0 radical (unpaired) electrons. The number of hydrogen-bond donors (Lipinski definition) is 1. The van der Waals surface area contributed by atoms with Crippen LogP contribution in [0.5, 0.6) is 5.75 Å². The van der Waals surface area contributed by atoms with Crippen LogP contribution in [-0.4, -0.2) is 22.0 Å². The summed E-state index contributed by atoms with van der Waals surface area (Å²) in [5, 5.41) is 11.8. The molecule has 1 fully saturated rings. The third-order valence-electron chi connectivity index (χ3n) is 3.35. The van der Waals surface area contributed by atoms with E-state index in [-0.39, 0.29) is 11.7 Å². The van der Waals surface area contributed by atoms with Gasteiger partial charge in [-0.05, 0) is 65.1 Å². The normalized spacial score (nSPS) is 14.2. The van der Waals surface area contributed by atoms with E-state index in [1.54, 1.807) is 29.5 Å². The van der Waals surface area contributed by atoms with Gasteiger partial charge < -0.3 is 10.0 Å². The minimum atomic E-state index is 0.00704. The Kier molecular flexibility index (Phi) is 3.98. The van der Waals surface area contributed by atoms with Gasteiger partial charge in [-0.3, -0.25) is 4.79 Å². The first-order chi connectivity index (χ1) is 9.65. The molecule has 1 aliphatic rings. The predicted molar refractivity (Wildman–Crippen MR) is 88.0 cm³/mol. The number of phenols is 1. The largest absolute Gasteiger partial charge is 0.507 e. The highest BCUT2D eigenvalue weighted by atomic mass is 127. The molecule has 0 saturated heterocycles. The second-order valence-corrected chi connectivity index (χ2v) is 7.10. The highest BCUT2D eigenvalue weighted by Crippen LogP contribution is 2.31. The van der Waals surface area contributed by atoms with Gasteiger partial charge in [0, 0.05) is 16.5 Å². The Bertz CT molecular complexity index is 623. The van der Waals surface area contributed by atoms with Gasteiger partial charge in [0.15, 0.2) is 0 Å². The summed E-state index contributed by atoms with van der Waals surface area (Å²) in [7, 11) is 0. The van der Waals surface area contributed by atoms with Gasteiger partial charge >= 0.3 is 0 Å². The SMILES string of the molecule is O=C(c1ccc(I)c(O)c1)N(Cc1cccs1)C1CC1. The summed E-state index contributed by atoms with van der Waals surface area (Å²) in [6, 6.07) is 9.54. The molecule has 0 unspecified atom stereocenters. The number of benzene rings is 1. The van der Waals surface area contributed by atoms with E-state index in [9.17, 15) is 9.90 Å². The van der Waals surface area contributed by atoms with E-state index in [1.165, 1.54) is 4.88 Å². The molecule has 20 heavy (non-hydrogen) atoms. The Labute approximate surface area is 135 Å². The lowest BCUT2D eigenvalue weighted by atomic mass is 10.2. The van der Waals surface area contributed by atoms with Crippen molar-refractivity contribution in [2.24, 2.45) is 0 Å². The lowest BCUT2D eigenvalue weighted by molar-refractivity contribution is 0.0731. The number of amides is 1. The summed E-state index contributed by atoms with van der Waals surface area (Å²) in [6.07, 6.45) is 2.15. The quantitative estimate of drug-likeness (QED) is 0.794. The molecule has 3 rings (SSSR count). The summed E-state index contributed by atoms with van der Waals surface area (Å²) >= 11 is 3.72. The van der Waals surface area contributed by atoms with Gasteiger partial charge in [-0.25, -0.2) is 0 Å². The van der Waals surface area contributed by atoms with Crippen molar-refractivity contribution in [2.75, 3.05) is 0 Å². The van der Waals surface area contributed by atoms with Crippen LogP contribution in [0.25, 0.3) is 0 Å². The molecule has 1 saturated carbocycles. The summed E-state index contributed by atoms with van der Waals surface area (Å²) in [4.78, 5) is 15.8. The van der Waals surface area contributed by atoms with E-state index in [1.807, 2.05) is 16.3 Å². The third-order valence-corrected chi connectivity index (χ3v) is 5.12. The smallest absolute Gasteiger partial charge is 0.254 e. The van der Waals surface area contributed by atoms with Crippen molar-refractivity contribution in [1.82, 2.24) is 4.90 Å². The molecule has 3 nitrogen and oxygen atoms in total. The van der Waals surface area contributed by atoms with Crippen molar-refractivity contribution in [3.05, 3.63) is 49.7 Å². The molecule has 1 aliphatic carbocycles. The lowest BCUT2D eigenvalue weighted by Gasteiger charge is -2.22. The fourth-order valence-electron chi connectivity index (χ4n) is 2.13. The van der Waals surface area contributed by atoms with E-state index in [0.717, 1.165) is 16.4 Å². The van der Waals surface area contributed by atoms with Crippen LogP contribution in [0.15, 0.2) is 35.7 Å². The van der Waals surface area contributed by atoms with Gasteiger partial charge in [-0.1, -0.05) is 6.07 Å². The summed E-state index contributed by atoms with van der Waals surface area (Å²) in [6.45, 7) is 0.661. The van der Waals surface area contributed by atoms with Gasteiger partial charge in [0.05, 0.1) is 10.1 Å². The second kappa shape index (κ2) is 5.73. The minimum absolute atomic E-state index is 0.00704. The number of hydrogen-bond acceptors (Lipinski definition) is 3. The Balaban J connectivity index is 1.83. The van der Waals surface area contributed by atoms with Crippen LogP contribution in [0.3, 0.4) is 0 Å². The van der Waals surface area contributed by atoms with Crippen molar-refractivity contribution < 1.29 is 9.90 Å².